The lowest BCUT2D eigenvalue weighted by Gasteiger charge is -1.96. The Morgan fingerprint density at radius 2 is 1.26 bits per heavy atom. The molecule has 4 nitrogen and oxygen atoms in total. The summed E-state index contributed by atoms with van der Waals surface area (Å²) in [6.07, 6.45) is 0. The van der Waals surface area contributed by atoms with Gasteiger partial charge in [0.05, 0.1) is 5.69 Å². The molecule has 3 aromatic rings. The van der Waals surface area contributed by atoms with Gasteiger partial charge in [0.1, 0.15) is 0 Å². The van der Waals surface area contributed by atoms with E-state index in [9.17, 15) is 0 Å². The first-order valence-electron chi connectivity index (χ1n) is 5.95. The fraction of sp³-hybridized carbons (Fsp3) is 0.0667. The number of aryl methyl sites for hydroxylation is 1. The van der Waals surface area contributed by atoms with Crippen molar-refractivity contribution in [2.45, 2.75) is 6.92 Å². The van der Waals surface area contributed by atoms with Gasteiger partial charge in [0, 0.05) is 11.1 Å². The van der Waals surface area contributed by atoms with Crippen LogP contribution in [-0.2, 0) is 0 Å². The Balaban J connectivity index is 1.95. The second kappa shape index (κ2) is 4.57. The zero-order valence-corrected chi connectivity index (χ0v) is 10.4. The van der Waals surface area contributed by atoms with E-state index in [1.807, 2.05) is 31.2 Å². The minimum Gasteiger partial charge on any atom is -0.416 e. The summed E-state index contributed by atoms with van der Waals surface area (Å²) in [6, 6.07) is 14.9. The monoisotopic (exact) mass is 250 g/mol. The Bertz CT molecular complexity index is 624. The molecule has 4 heteroatoms. The second-order valence-electron chi connectivity index (χ2n) is 4.36. The Kier molecular flexibility index (Phi) is 2.76. The van der Waals surface area contributed by atoms with Crippen LogP contribution >= 0.6 is 0 Å². The van der Waals surface area contributed by atoms with Crippen LogP contribution in [0.1, 0.15) is 5.56 Å². The molecule has 1 radical (unpaired) electrons. The van der Waals surface area contributed by atoms with Gasteiger partial charge < -0.3 is 10.2 Å². The normalized spacial score (nSPS) is 10.6. The second-order valence-corrected chi connectivity index (χ2v) is 4.36. The molecular formula is C15H12N3O. The number of hydrogen-bond acceptors (Lipinski definition) is 3. The summed E-state index contributed by atoms with van der Waals surface area (Å²) in [4.78, 5) is 0. The molecule has 0 spiro atoms. The molecule has 1 heterocycles. The van der Waals surface area contributed by atoms with Crippen molar-refractivity contribution in [3.8, 4) is 22.9 Å². The zero-order chi connectivity index (χ0) is 13.2. The molecule has 0 aliphatic heterocycles. The van der Waals surface area contributed by atoms with E-state index in [1.165, 1.54) is 5.56 Å². The molecule has 1 aromatic heterocycles. The minimum absolute atomic E-state index is 0.460. The summed E-state index contributed by atoms with van der Waals surface area (Å²) < 4.78 is 5.65. The molecule has 0 atom stereocenters. The highest BCUT2D eigenvalue weighted by atomic mass is 16.4. The van der Waals surface area contributed by atoms with Crippen molar-refractivity contribution in [2.24, 2.45) is 0 Å². The van der Waals surface area contributed by atoms with Crippen LogP contribution in [0.25, 0.3) is 22.9 Å². The minimum atomic E-state index is 0.460. The Hall–Kier alpha value is -2.62. The summed E-state index contributed by atoms with van der Waals surface area (Å²) in [6.45, 7) is 2.03. The third-order valence-electron chi connectivity index (χ3n) is 2.86. The first-order chi connectivity index (χ1) is 9.22. The summed E-state index contributed by atoms with van der Waals surface area (Å²) in [7, 11) is 0. The average Bonchev–Trinajstić information content (AvgIpc) is 2.90. The van der Waals surface area contributed by atoms with Gasteiger partial charge in [0.15, 0.2) is 0 Å². The van der Waals surface area contributed by atoms with E-state index in [4.69, 9.17) is 10.2 Å². The van der Waals surface area contributed by atoms with Crippen molar-refractivity contribution in [1.82, 2.24) is 15.9 Å². The molecule has 3 rings (SSSR count). The van der Waals surface area contributed by atoms with Crippen molar-refractivity contribution in [3.63, 3.8) is 0 Å². The molecule has 0 aliphatic carbocycles. The molecule has 0 saturated carbocycles. The maximum absolute atomic E-state index is 7.45. The maximum Gasteiger partial charge on any atom is 0.248 e. The van der Waals surface area contributed by atoms with Gasteiger partial charge >= 0.3 is 0 Å². The lowest BCUT2D eigenvalue weighted by molar-refractivity contribution is 0.584. The number of hydrogen-bond donors (Lipinski definition) is 0. The molecule has 1 N–H and O–H groups in total. The van der Waals surface area contributed by atoms with Gasteiger partial charge in [0.25, 0.3) is 0 Å². The fourth-order valence-electron chi connectivity index (χ4n) is 1.77. The van der Waals surface area contributed by atoms with E-state index in [2.05, 4.69) is 10.2 Å². The predicted octanol–water partition coefficient (Wildman–Crippen LogP) is 3.63. The molecule has 0 unspecified atom stereocenters. The summed E-state index contributed by atoms with van der Waals surface area (Å²) in [5.41, 5.74) is 10.8. The van der Waals surface area contributed by atoms with Gasteiger partial charge in [-0.3, -0.25) is 0 Å². The van der Waals surface area contributed by atoms with E-state index in [-0.39, 0.29) is 0 Å². The summed E-state index contributed by atoms with van der Waals surface area (Å²) >= 11 is 0. The number of benzene rings is 2. The average molecular weight is 250 g/mol. The highest BCUT2D eigenvalue weighted by Gasteiger charge is 2.09. The molecule has 93 valence electrons. The van der Waals surface area contributed by atoms with Crippen LogP contribution < -0.4 is 5.73 Å². The first-order valence-corrected chi connectivity index (χ1v) is 5.95. The highest BCUT2D eigenvalue weighted by Crippen LogP contribution is 2.24. The van der Waals surface area contributed by atoms with Gasteiger partial charge in [-0.15, -0.1) is 10.2 Å². The molecule has 2 aromatic carbocycles. The Morgan fingerprint density at radius 1 is 0.789 bits per heavy atom. The molecule has 0 aliphatic rings. The van der Waals surface area contributed by atoms with E-state index in [0.717, 1.165) is 11.1 Å². The van der Waals surface area contributed by atoms with E-state index in [1.54, 1.807) is 24.3 Å². The number of rotatable bonds is 2. The standard InChI is InChI=1S/C15H12N3O/c1-10-2-4-11(5-3-10)14-17-18-15(19-14)12-6-8-13(16)9-7-12/h2-9,16H,1H3. The van der Waals surface area contributed by atoms with Crippen molar-refractivity contribution >= 4 is 5.69 Å². The molecular weight excluding hydrogens is 238 g/mol. The highest BCUT2D eigenvalue weighted by molar-refractivity contribution is 5.59. The topological polar surface area (TPSA) is 62.7 Å². The van der Waals surface area contributed by atoms with Crippen LogP contribution in [-0.4, -0.2) is 10.2 Å². The number of nitrogens with one attached hydrogen (secondary N) is 1. The zero-order valence-electron chi connectivity index (χ0n) is 10.4. The van der Waals surface area contributed by atoms with Crippen molar-refractivity contribution in [2.75, 3.05) is 0 Å². The Morgan fingerprint density at radius 3 is 1.79 bits per heavy atom. The van der Waals surface area contributed by atoms with E-state index >= 15 is 0 Å². The quantitative estimate of drug-likeness (QED) is 0.697. The lowest BCUT2D eigenvalue weighted by atomic mass is 10.1. The van der Waals surface area contributed by atoms with Gasteiger partial charge in [0.2, 0.25) is 11.8 Å². The Labute approximate surface area is 110 Å². The van der Waals surface area contributed by atoms with Crippen LogP contribution in [0.3, 0.4) is 0 Å². The van der Waals surface area contributed by atoms with Crippen LogP contribution in [0.5, 0.6) is 0 Å². The SMILES string of the molecule is Cc1ccc(-c2nnc(-c3ccc([NH])cc3)o2)cc1. The summed E-state index contributed by atoms with van der Waals surface area (Å²) in [5.74, 6) is 0.973. The van der Waals surface area contributed by atoms with Crippen LogP contribution in [0, 0.1) is 6.92 Å². The van der Waals surface area contributed by atoms with Crippen molar-refractivity contribution < 1.29 is 4.42 Å². The van der Waals surface area contributed by atoms with Crippen molar-refractivity contribution in [3.05, 3.63) is 54.1 Å². The first kappa shape index (κ1) is 11.5. The third kappa shape index (κ3) is 2.33. The maximum atomic E-state index is 7.45. The largest absolute Gasteiger partial charge is 0.416 e. The molecule has 0 fully saturated rings. The van der Waals surface area contributed by atoms with E-state index in [0.29, 0.717) is 17.5 Å². The van der Waals surface area contributed by atoms with Crippen LogP contribution in [0.4, 0.5) is 5.69 Å². The van der Waals surface area contributed by atoms with Gasteiger partial charge in [-0.1, -0.05) is 17.7 Å². The van der Waals surface area contributed by atoms with Crippen molar-refractivity contribution in [1.29, 1.82) is 0 Å². The van der Waals surface area contributed by atoms with Crippen LogP contribution in [0.15, 0.2) is 52.9 Å². The predicted molar refractivity (Wildman–Crippen MR) is 72.7 cm³/mol. The smallest absolute Gasteiger partial charge is 0.248 e. The number of nitrogens with zero attached hydrogens (tertiary/aromatic N) is 2. The third-order valence-corrected chi connectivity index (χ3v) is 2.86. The van der Waals surface area contributed by atoms with Gasteiger partial charge in [-0.05, 0) is 43.3 Å². The molecule has 0 amide bonds. The lowest BCUT2D eigenvalue weighted by Crippen LogP contribution is -1.78. The summed E-state index contributed by atoms with van der Waals surface area (Å²) in [5, 5.41) is 8.09. The van der Waals surface area contributed by atoms with Crippen LogP contribution in [0.2, 0.25) is 0 Å². The number of aromatic nitrogens is 2. The molecule has 0 saturated heterocycles. The molecule has 19 heavy (non-hydrogen) atoms. The fourth-order valence-corrected chi connectivity index (χ4v) is 1.77. The van der Waals surface area contributed by atoms with Gasteiger partial charge in [-0.25, -0.2) is 0 Å². The van der Waals surface area contributed by atoms with E-state index < -0.39 is 0 Å². The van der Waals surface area contributed by atoms with Gasteiger partial charge in [-0.2, -0.15) is 0 Å². The molecule has 0 bridgehead atoms.